The van der Waals surface area contributed by atoms with Crippen molar-refractivity contribution in [1.29, 1.82) is 0 Å². The Balaban J connectivity index is 1.46. The molecule has 5 heteroatoms. The third-order valence-electron chi connectivity index (χ3n) is 5.62. The molecule has 1 N–H and O–H groups in total. The Morgan fingerprint density at radius 1 is 1.20 bits per heavy atom. The van der Waals surface area contributed by atoms with Crippen LogP contribution < -0.4 is 5.32 Å². The lowest BCUT2D eigenvalue weighted by molar-refractivity contribution is 0.142. The first-order valence-electron chi connectivity index (χ1n) is 9.47. The lowest BCUT2D eigenvalue weighted by atomic mass is 9.95. The molecule has 1 saturated carbocycles. The predicted octanol–water partition coefficient (Wildman–Crippen LogP) is 2.00. The van der Waals surface area contributed by atoms with E-state index in [2.05, 4.69) is 59.4 Å². The van der Waals surface area contributed by atoms with E-state index in [-0.39, 0.29) is 17.5 Å². The lowest BCUT2D eigenvalue weighted by Crippen LogP contribution is -2.51. The smallest absolute Gasteiger partial charge is 0.317 e. The molecular weight excluding hydrogens is 312 g/mol. The molecule has 25 heavy (non-hydrogen) atoms. The van der Waals surface area contributed by atoms with E-state index in [4.69, 9.17) is 0 Å². The molecule has 1 aromatic carbocycles. The molecule has 0 radical (unpaired) electrons. The second-order valence-corrected chi connectivity index (χ2v) is 7.96. The number of piperazine rings is 1. The van der Waals surface area contributed by atoms with Crippen LogP contribution in [0, 0.1) is 0 Å². The number of carbonyl (C=O) groups excluding carboxylic acids is 1. The molecule has 1 atom stereocenters. The van der Waals surface area contributed by atoms with Gasteiger partial charge in [0, 0.05) is 57.8 Å². The number of nitrogens with zero attached hydrogens (tertiary/aromatic N) is 3. The van der Waals surface area contributed by atoms with Crippen LogP contribution in [-0.4, -0.2) is 80.1 Å². The Labute approximate surface area is 152 Å². The summed E-state index contributed by atoms with van der Waals surface area (Å²) >= 11 is 0. The normalized spacial score (nSPS) is 21.6. The fraction of sp³-hybridized carbons (Fsp3) is 0.650. The van der Waals surface area contributed by atoms with E-state index in [1.807, 2.05) is 11.9 Å². The summed E-state index contributed by atoms with van der Waals surface area (Å²) in [4.78, 5) is 19.2. The van der Waals surface area contributed by atoms with Crippen molar-refractivity contribution in [3.05, 3.63) is 35.9 Å². The van der Waals surface area contributed by atoms with Gasteiger partial charge in [-0.1, -0.05) is 30.3 Å². The monoisotopic (exact) mass is 344 g/mol. The van der Waals surface area contributed by atoms with Crippen molar-refractivity contribution in [3.63, 3.8) is 0 Å². The van der Waals surface area contributed by atoms with E-state index in [0.717, 1.165) is 39.3 Å². The largest absolute Gasteiger partial charge is 0.334 e. The van der Waals surface area contributed by atoms with Crippen LogP contribution in [0.1, 0.15) is 25.3 Å². The van der Waals surface area contributed by atoms with Gasteiger partial charge in [-0.3, -0.25) is 4.90 Å². The van der Waals surface area contributed by atoms with E-state index in [0.29, 0.717) is 0 Å². The first-order chi connectivity index (χ1) is 12.0. The molecule has 0 bridgehead atoms. The molecule has 3 rings (SSSR count). The third kappa shape index (κ3) is 4.73. The molecule has 1 aliphatic carbocycles. The molecule has 0 aromatic heterocycles. The zero-order valence-corrected chi connectivity index (χ0v) is 15.9. The highest BCUT2D eigenvalue weighted by atomic mass is 16.2. The van der Waals surface area contributed by atoms with E-state index in [1.54, 1.807) is 0 Å². The molecule has 2 amide bonds. The number of rotatable bonds is 6. The number of benzene rings is 1. The number of amides is 2. The van der Waals surface area contributed by atoms with Crippen LogP contribution in [0.4, 0.5) is 4.79 Å². The minimum atomic E-state index is 0.0452. The zero-order chi connectivity index (χ0) is 17.9. The number of hydrogen-bond acceptors (Lipinski definition) is 3. The molecule has 138 valence electrons. The zero-order valence-electron chi connectivity index (χ0n) is 15.9. The van der Waals surface area contributed by atoms with Gasteiger partial charge in [0.1, 0.15) is 0 Å². The van der Waals surface area contributed by atoms with E-state index >= 15 is 0 Å². The van der Waals surface area contributed by atoms with Crippen molar-refractivity contribution in [2.75, 3.05) is 53.4 Å². The van der Waals surface area contributed by atoms with Crippen LogP contribution in [0.25, 0.3) is 0 Å². The highest BCUT2D eigenvalue weighted by Gasteiger charge is 2.45. The summed E-state index contributed by atoms with van der Waals surface area (Å²) in [7, 11) is 4.08. The van der Waals surface area contributed by atoms with Gasteiger partial charge in [-0.05, 0) is 32.4 Å². The fourth-order valence-electron chi connectivity index (χ4n) is 3.79. The van der Waals surface area contributed by atoms with Crippen LogP contribution in [0.15, 0.2) is 30.3 Å². The van der Waals surface area contributed by atoms with Crippen LogP contribution in [0.3, 0.4) is 0 Å². The van der Waals surface area contributed by atoms with Crippen molar-refractivity contribution in [2.24, 2.45) is 0 Å². The number of likely N-dealkylation sites (N-methyl/N-ethyl adjacent to an activating group) is 2. The number of nitrogens with one attached hydrogen (secondary N) is 1. The Kier molecular flexibility index (Phi) is 5.64. The first kappa shape index (κ1) is 18.2. The summed E-state index contributed by atoms with van der Waals surface area (Å²) in [6.07, 6.45) is 2.34. The van der Waals surface area contributed by atoms with Gasteiger partial charge in [-0.2, -0.15) is 0 Å². The molecular formula is C20H32N4O. The van der Waals surface area contributed by atoms with Crippen LogP contribution in [0.5, 0.6) is 0 Å². The summed E-state index contributed by atoms with van der Waals surface area (Å²) < 4.78 is 0. The average molecular weight is 345 g/mol. The SMILES string of the molecule is C[C@@H](CN1CCN(C)CC1)NC(=O)N(C)CC1(c2ccccc2)CC1. The van der Waals surface area contributed by atoms with Crippen molar-refractivity contribution < 1.29 is 4.79 Å². The Morgan fingerprint density at radius 3 is 2.44 bits per heavy atom. The molecule has 5 nitrogen and oxygen atoms in total. The van der Waals surface area contributed by atoms with Gasteiger partial charge >= 0.3 is 6.03 Å². The van der Waals surface area contributed by atoms with Gasteiger partial charge in [0.15, 0.2) is 0 Å². The highest BCUT2D eigenvalue weighted by molar-refractivity contribution is 5.74. The van der Waals surface area contributed by atoms with E-state index < -0.39 is 0 Å². The van der Waals surface area contributed by atoms with Gasteiger partial charge in [0.05, 0.1) is 0 Å². The first-order valence-corrected chi connectivity index (χ1v) is 9.47. The second kappa shape index (κ2) is 7.75. The predicted molar refractivity (Wildman–Crippen MR) is 102 cm³/mol. The fourth-order valence-corrected chi connectivity index (χ4v) is 3.79. The summed E-state index contributed by atoms with van der Waals surface area (Å²) in [6.45, 7) is 8.23. The molecule has 1 aliphatic heterocycles. The molecule has 2 fully saturated rings. The van der Waals surface area contributed by atoms with Crippen molar-refractivity contribution in [2.45, 2.75) is 31.2 Å². The summed E-state index contributed by atoms with van der Waals surface area (Å²) in [5.41, 5.74) is 1.54. The molecule has 2 aliphatic rings. The van der Waals surface area contributed by atoms with Crippen molar-refractivity contribution >= 4 is 6.03 Å². The summed E-state index contributed by atoms with van der Waals surface area (Å²) in [5, 5.41) is 3.17. The standard InChI is InChI=1S/C20H32N4O/c1-17(15-24-13-11-22(2)12-14-24)21-19(25)23(3)16-20(9-10-20)18-7-5-4-6-8-18/h4-8,17H,9-16H2,1-3H3,(H,21,25)/t17-/m0/s1. The highest BCUT2D eigenvalue weighted by Crippen LogP contribution is 2.48. The Morgan fingerprint density at radius 2 is 1.84 bits per heavy atom. The molecule has 1 heterocycles. The quantitative estimate of drug-likeness (QED) is 0.858. The van der Waals surface area contributed by atoms with Crippen LogP contribution in [-0.2, 0) is 5.41 Å². The Bertz CT molecular complexity index is 564. The Hall–Kier alpha value is -1.59. The summed E-state index contributed by atoms with van der Waals surface area (Å²) in [5.74, 6) is 0. The molecule has 0 unspecified atom stereocenters. The van der Waals surface area contributed by atoms with Crippen LogP contribution >= 0.6 is 0 Å². The maximum Gasteiger partial charge on any atom is 0.317 e. The lowest BCUT2D eigenvalue weighted by Gasteiger charge is -2.34. The summed E-state index contributed by atoms with van der Waals surface area (Å²) in [6, 6.07) is 10.8. The van der Waals surface area contributed by atoms with Crippen LogP contribution in [0.2, 0.25) is 0 Å². The molecule has 1 aromatic rings. The second-order valence-electron chi connectivity index (χ2n) is 7.96. The topological polar surface area (TPSA) is 38.8 Å². The number of hydrogen-bond donors (Lipinski definition) is 1. The van der Waals surface area contributed by atoms with E-state index in [9.17, 15) is 4.79 Å². The van der Waals surface area contributed by atoms with Gasteiger partial charge in [0.25, 0.3) is 0 Å². The van der Waals surface area contributed by atoms with Gasteiger partial charge in [0.2, 0.25) is 0 Å². The maximum absolute atomic E-state index is 12.6. The minimum absolute atomic E-state index is 0.0452. The van der Waals surface area contributed by atoms with Gasteiger partial charge < -0.3 is 15.1 Å². The van der Waals surface area contributed by atoms with Gasteiger partial charge in [-0.15, -0.1) is 0 Å². The molecule has 1 saturated heterocycles. The maximum atomic E-state index is 12.6. The van der Waals surface area contributed by atoms with E-state index in [1.165, 1.54) is 18.4 Å². The third-order valence-corrected chi connectivity index (χ3v) is 5.62. The van der Waals surface area contributed by atoms with Gasteiger partial charge in [-0.25, -0.2) is 4.79 Å². The van der Waals surface area contributed by atoms with Crippen molar-refractivity contribution in [1.82, 2.24) is 20.0 Å². The minimum Gasteiger partial charge on any atom is -0.334 e. The van der Waals surface area contributed by atoms with Crippen molar-refractivity contribution in [3.8, 4) is 0 Å². The number of urea groups is 1. The number of carbonyl (C=O) groups is 1. The average Bonchev–Trinajstić information content (AvgIpc) is 3.38. The molecule has 0 spiro atoms.